The minimum atomic E-state index is -1.48. The highest BCUT2D eigenvalue weighted by Gasteiger charge is 2.25. The number of alkyl halides is 1. The van der Waals surface area contributed by atoms with Gasteiger partial charge in [0.05, 0.1) is 16.0 Å². The van der Waals surface area contributed by atoms with Gasteiger partial charge in [-0.1, -0.05) is 18.2 Å². The van der Waals surface area contributed by atoms with Crippen LogP contribution in [0.15, 0.2) is 48.8 Å². The number of amides is 1. The molecule has 6 nitrogen and oxygen atoms in total. The number of fused-ring (bicyclic) bond motifs is 2. The number of pyridine rings is 1. The molecule has 0 spiro atoms. The van der Waals surface area contributed by atoms with Gasteiger partial charge in [-0.05, 0) is 69.3 Å². The monoisotopic (exact) mass is 451 g/mol. The van der Waals surface area contributed by atoms with Crippen molar-refractivity contribution in [1.29, 1.82) is 0 Å². The van der Waals surface area contributed by atoms with E-state index in [1.807, 2.05) is 40.8 Å². The zero-order chi connectivity index (χ0) is 22.3. The largest absolute Gasteiger partial charge is 0.368 e. The molecule has 1 saturated carbocycles. The van der Waals surface area contributed by atoms with Crippen LogP contribution < -0.4 is 10.6 Å². The second-order valence-corrected chi connectivity index (χ2v) is 9.76. The van der Waals surface area contributed by atoms with E-state index in [1.54, 1.807) is 12.4 Å². The lowest BCUT2D eigenvalue weighted by Gasteiger charge is -2.30. The molecule has 3 aromatic heterocycles. The number of benzene rings is 1. The Kier molecular flexibility index (Phi) is 5.33. The molecule has 2 N–H and O–H groups in total. The molecule has 1 aliphatic carbocycles. The zero-order valence-corrected chi connectivity index (χ0v) is 19.0. The Morgan fingerprint density at radius 1 is 1.12 bits per heavy atom. The van der Waals surface area contributed by atoms with Crippen molar-refractivity contribution in [2.45, 2.75) is 57.3 Å². The van der Waals surface area contributed by atoms with Crippen LogP contribution >= 0.6 is 11.5 Å². The molecular formula is C24H26FN5OS. The maximum atomic E-state index is 14.4. The van der Waals surface area contributed by atoms with Gasteiger partial charge in [-0.2, -0.15) is 4.37 Å². The lowest BCUT2D eigenvalue weighted by Crippen LogP contribution is -2.40. The normalized spacial score (nSPS) is 19.3. The number of nitrogens with one attached hydrogen (secondary N) is 2. The number of rotatable bonds is 5. The Labute approximate surface area is 190 Å². The molecule has 0 atom stereocenters. The highest BCUT2D eigenvalue weighted by atomic mass is 32.1. The van der Waals surface area contributed by atoms with Crippen molar-refractivity contribution in [3.63, 3.8) is 0 Å². The highest BCUT2D eigenvalue weighted by Crippen LogP contribution is 2.28. The molecule has 0 saturated heterocycles. The van der Waals surface area contributed by atoms with Crippen molar-refractivity contribution in [3.05, 3.63) is 60.0 Å². The van der Waals surface area contributed by atoms with Crippen molar-refractivity contribution in [3.8, 4) is 0 Å². The summed E-state index contributed by atoms with van der Waals surface area (Å²) in [6.07, 6.45) is 7.27. The van der Waals surface area contributed by atoms with Crippen LogP contribution in [0.3, 0.4) is 0 Å². The molecule has 1 fully saturated rings. The third-order valence-electron chi connectivity index (χ3n) is 6.14. The Bertz CT molecular complexity index is 1270. The van der Waals surface area contributed by atoms with Gasteiger partial charge < -0.3 is 10.6 Å². The van der Waals surface area contributed by atoms with Gasteiger partial charge >= 0.3 is 0 Å². The first kappa shape index (κ1) is 20.9. The molecule has 32 heavy (non-hydrogen) atoms. The number of halogens is 1. The molecule has 1 aromatic carbocycles. The SMILES string of the molecule is CC(C)(F)c1cn2c(NC3CCC(NC(=O)c4cccc5cnsc45)CC3)cccc2n1. The summed E-state index contributed by atoms with van der Waals surface area (Å²) < 4.78 is 21.4. The summed E-state index contributed by atoms with van der Waals surface area (Å²) in [5, 5.41) is 7.81. The van der Waals surface area contributed by atoms with Gasteiger partial charge in [-0.25, -0.2) is 9.37 Å². The van der Waals surface area contributed by atoms with Crippen LogP contribution in [0.4, 0.5) is 10.2 Å². The second-order valence-electron chi connectivity index (χ2n) is 8.95. The van der Waals surface area contributed by atoms with E-state index < -0.39 is 5.67 Å². The van der Waals surface area contributed by atoms with Crippen LogP contribution in [0.2, 0.25) is 0 Å². The number of imidazole rings is 1. The Morgan fingerprint density at radius 3 is 2.66 bits per heavy atom. The van der Waals surface area contributed by atoms with Crippen LogP contribution in [0.5, 0.6) is 0 Å². The fourth-order valence-electron chi connectivity index (χ4n) is 4.34. The fourth-order valence-corrected chi connectivity index (χ4v) is 5.10. The number of aromatic nitrogens is 3. The van der Waals surface area contributed by atoms with E-state index in [1.165, 1.54) is 25.4 Å². The summed E-state index contributed by atoms with van der Waals surface area (Å²) in [4.78, 5) is 17.3. The number of anilines is 1. The number of nitrogens with zero attached hydrogens (tertiary/aromatic N) is 3. The number of carbonyl (C=O) groups is 1. The average molecular weight is 452 g/mol. The van der Waals surface area contributed by atoms with Crippen molar-refractivity contribution >= 4 is 39.0 Å². The summed E-state index contributed by atoms with van der Waals surface area (Å²) in [5.41, 5.74) is 0.370. The number of carbonyl (C=O) groups excluding carboxylic acids is 1. The smallest absolute Gasteiger partial charge is 0.253 e. The standard InChI is InChI=1S/C24H26FN5OS/c1-24(2,25)19-14-30-20(7-4-8-21(30)29-19)27-16-9-11-17(12-10-16)28-23(31)18-6-3-5-15-13-26-32-22(15)18/h3-8,13-14,16-17,27H,9-12H2,1-2H3,(H,28,31). The van der Waals surface area contributed by atoms with Crippen molar-refractivity contribution in [1.82, 2.24) is 19.1 Å². The van der Waals surface area contributed by atoms with Crippen LogP contribution in [-0.2, 0) is 5.67 Å². The van der Waals surface area contributed by atoms with Crippen LogP contribution in [0.1, 0.15) is 55.6 Å². The van der Waals surface area contributed by atoms with Gasteiger partial charge in [0.15, 0.2) is 0 Å². The molecule has 8 heteroatoms. The van der Waals surface area contributed by atoms with Crippen molar-refractivity contribution in [2.75, 3.05) is 5.32 Å². The van der Waals surface area contributed by atoms with Crippen LogP contribution in [0.25, 0.3) is 15.7 Å². The molecule has 166 valence electrons. The molecule has 0 aliphatic heterocycles. The molecule has 3 heterocycles. The number of hydrogen-bond acceptors (Lipinski definition) is 5. The first-order chi connectivity index (χ1) is 15.4. The Balaban J connectivity index is 1.22. The first-order valence-corrected chi connectivity index (χ1v) is 11.7. The van der Waals surface area contributed by atoms with Crippen LogP contribution in [0, 0.1) is 0 Å². The quantitative estimate of drug-likeness (QED) is 0.432. The van der Waals surface area contributed by atoms with Crippen molar-refractivity contribution in [2.24, 2.45) is 0 Å². The maximum Gasteiger partial charge on any atom is 0.253 e. The van der Waals surface area contributed by atoms with E-state index in [-0.39, 0.29) is 11.9 Å². The van der Waals surface area contributed by atoms with Gasteiger partial charge in [0.1, 0.15) is 17.1 Å². The minimum absolute atomic E-state index is 0.0270. The van der Waals surface area contributed by atoms with Crippen LogP contribution in [-0.4, -0.2) is 31.7 Å². The highest BCUT2D eigenvalue weighted by molar-refractivity contribution is 7.13. The third kappa shape index (κ3) is 4.07. The average Bonchev–Trinajstić information content (AvgIpc) is 3.42. The molecule has 1 aliphatic rings. The maximum absolute atomic E-state index is 14.4. The molecule has 0 bridgehead atoms. The van der Waals surface area contributed by atoms with E-state index in [0.29, 0.717) is 17.3 Å². The minimum Gasteiger partial charge on any atom is -0.368 e. The van der Waals surface area contributed by atoms with E-state index in [0.717, 1.165) is 47.2 Å². The Morgan fingerprint density at radius 2 is 1.88 bits per heavy atom. The molecular weight excluding hydrogens is 425 g/mol. The van der Waals surface area contributed by atoms with Crippen molar-refractivity contribution < 1.29 is 9.18 Å². The predicted octanol–water partition coefficient (Wildman–Crippen LogP) is 5.30. The first-order valence-electron chi connectivity index (χ1n) is 11.0. The molecule has 4 aromatic rings. The van der Waals surface area contributed by atoms with Gasteiger partial charge in [-0.3, -0.25) is 9.20 Å². The third-order valence-corrected chi connectivity index (χ3v) is 6.99. The van der Waals surface area contributed by atoms with Gasteiger partial charge in [-0.15, -0.1) is 0 Å². The van der Waals surface area contributed by atoms with Gasteiger partial charge in [0, 0.05) is 29.9 Å². The van der Waals surface area contributed by atoms with Gasteiger partial charge in [0.25, 0.3) is 5.91 Å². The second kappa shape index (κ2) is 8.16. The summed E-state index contributed by atoms with van der Waals surface area (Å²) in [5.74, 6) is 0.885. The fraction of sp³-hybridized carbons (Fsp3) is 0.375. The van der Waals surface area contributed by atoms with E-state index in [2.05, 4.69) is 20.0 Å². The zero-order valence-electron chi connectivity index (χ0n) is 18.1. The summed E-state index contributed by atoms with van der Waals surface area (Å²) in [7, 11) is 0. The molecule has 1 amide bonds. The van der Waals surface area contributed by atoms with E-state index in [4.69, 9.17) is 0 Å². The van der Waals surface area contributed by atoms with E-state index >= 15 is 0 Å². The summed E-state index contributed by atoms with van der Waals surface area (Å²) in [6.45, 7) is 3.04. The summed E-state index contributed by atoms with van der Waals surface area (Å²) in [6, 6.07) is 12.0. The molecule has 0 radical (unpaired) electrons. The number of hydrogen-bond donors (Lipinski definition) is 2. The summed E-state index contributed by atoms with van der Waals surface area (Å²) >= 11 is 1.36. The topological polar surface area (TPSA) is 71.3 Å². The van der Waals surface area contributed by atoms with Gasteiger partial charge in [0.2, 0.25) is 0 Å². The molecule has 0 unspecified atom stereocenters. The lowest BCUT2D eigenvalue weighted by atomic mass is 9.91. The Hall–Kier alpha value is -3.00. The van der Waals surface area contributed by atoms with E-state index in [9.17, 15) is 9.18 Å². The lowest BCUT2D eigenvalue weighted by molar-refractivity contribution is 0.0928. The molecule has 5 rings (SSSR count). The predicted molar refractivity (Wildman–Crippen MR) is 126 cm³/mol.